The number of anilines is 1. The molecule has 0 aliphatic heterocycles. The zero-order valence-corrected chi connectivity index (χ0v) is 17.3. The molecule has 4 nitrogen and oxygen atoms in total. The molecule has 2 N–H and O–H groups in total. The molecule has 1 fully saturated rings. The molecule has 0 spiro atoms. The molecule has 4 rings (SSSR count). The summed E-state index contributed by atoms with van der Waals surface area (Å²) in [7, 11) is 0. The monoisotopic (exact) mass is 383 g/mol. The van der Waals surface area contributed by atoms with Crippen LogP contribution in [0.2, 0.25) is 0 Å². The first kappa shape index (κ1) is 19.8. The molecule has 0 amide bonds. The van der Waals surface area contributed by atoms with E-state index < -0.39 is 5.60 Å². The molecule has 1 aliphatic carbocycles. The van der Waals surface area contributed by atoms with E-state index in [1.54, 1.807) is 11.3 Å². The van der Waals surface area contributed by atoms with E-state index in [0.29, 0.717) is 0 Å². The van der Waals surface area contributed by atoms with Crippen LogP contribution in [0, 0.1) is 6.92 Å². The second-order valence-electron chi connectivity index (χ2n) is 6.88. The number of thiophene rings is 1. The van der Waals surface area contributed by atoms with E-state index in [2.05, 4.69) is 33.5 Å². The number of nitrogens with one attached hydrogen (secondary N) is 1. The summed E-state index contributed by atoms with van der Waals surface area (Å²) in [6, 6.07) is 12.4. The fraction of sp³-hybridized carbons (Fsp3) is 0.455. The lowest BCUT2D eigenvalue weighted by molar-refractivity contribution is 0.00289. The van der Waals surface area contributed by atoms with Gasteiger partial charge in [-0.05, 0) is 31.4 Å². The van der Waals surface area contributed by atoms with Gasteiger partial charge in [0, 0.05) is 11.4 Å². The molecule has 3 aromatic rings. The zero-order valence-electron chi connectivity index (χ0n) is 16.5. The SMILES string of the molecule is CC.Cc1nc(NCc2ccccc2)c2sc(C3(O)CCCCC3)cc2n1. The summed E-state index contributed by atoms with van der Waals surface area (Å²) < 4.78 is 1.04. The minimum Gasteiger partial charge on any atom is -0.384 e. The topological polar surface area (TPSA) is 58.0 Å². The van der Waals surface area contributed by atoms with Gasteiger partial charge in [-0.3, -0.25) is 0 Å². The largest absolute Gasteiger partial charge is 0.384 e. The first-order valence-electron chi connectivity index (χ1n) is 9.93. The Morgan fingerprint density at radius 1 is 1.07 bits per heavy atom. The van der Waals surface area contributed by atoms with E-state index in [0.717, 1.165) is 59.0 Å². The Hall–Kier alpha value is -1.98. The third-order valence-corrected chi connectivity index (χ3v) is 6.25. The molecule has 27 heavy (non-hydrogen) atoms. The van der Waals surface area contributed by atoms with Crippen LogP contribution in [-0.4, -0.2) is 15.1 Å². The highest BCUT2D eigenvalue weighted by Gasteiger charge is 2.33. The van der Waals surface area contributed by atoms with Crippen molar-refractivity contribution in [3.63, 3.8) is 0 Å². The predicted molar refractivity (Wildman–Crippen MR) is 114 cm³/mol. The van der Waals surface area contributed by atoms with Gasteiger partial charge in [-0.15, -0.1) is 11.3 Å². The Labute approximate surface area is 165 Å². The molecule has 144 valence electrons. The van der Waals surface area contributed by atoms with Crippen LogP contribution in [0.5, 0.6) is 0 Å². The molecule has 0 unspecified atom stereocenters. The van der Waals surface area contributed by atoms with Crippen LogP contribution in [0.25, 0.3) is 10.2 Å². The summed E-state index contributed by atoms with van der Waals surface area (Å²) in [6.45, 7) is 6.64. The minimum absolute atomic E-state index is 0.686. The molecule has 0 radical (unpaired) electrons. The third kappa shape index (κ3) is 4.47. The number of hydrogen-bond donors (Lipinski definition) is 2. The van der Waals surface area contributed by atoms with Gasteiger partial charge in [-0.2, -0.15) is 0 Å². The normalized spacial score (nSPS) is 15.9. The first-order valence-corrected chi connectivity index (χ1v) is 10.7. The quantitative estimate of drug-likeness (QED) is 0.599. The van der Waals surface area contributed by atoms with Crippen LogP contribution in [0.15, 0.2) is 36.4 Å². The minimum atomic E-state index is -0.686. The molecule has 1 saturated carbocycles. The highest BCUT2D eigenvalue weighted by atomic mass is 32.1. The van der Waals surface area contributed by atoms with E-state index in [1.807, 2.05) is 39.0 Å². The summed E-state index contributed by atoms with van der Waals surface area (Å²) in [6.07, 6.45) is 5.09. The molecule has 1 aromatic carbocycles. The van der Waals surface area contributed by atoms with Crippen molar-refractivity contribution < 1.29 is 5.11 Å². The maximum absolute atomic E-state index is 11.1. The van der Waals surface area contributed by atoms with Gasteiger partial charge >= 0.3 is 0 Å². The molecular formula is C22H29N3OS. The van der Waals surface area contributed by atoms with E-state index in [9.17, 15) is 5.11 Å². The lowest BCUT2D eigenvalue weighted by Gasteiger charge is -2.30. The van der Waals surface area contributed by atoms with Crippen molar-refractivity contribution in [3.8, 4) is 0 Å². The Morgan fingerprint density at radius 2 is 1.78 bits per heavy atom. The van der Waals surface area contributed by atoms with Crippen molar-refractivity contribution in [2.24, 2.45) is 0 Å². The van der Waals surface area contributed by atoms with Crippen LogP contribution < -0.4 is 5.32 Å². The number of aryl methyl sites for hydroxylation is 1. The number of benzene rings is 1. The number of nitrogens with zero attached hydrogens (tertiary/aromatic N) is 2. The van der Waals surface area contributed by atoms with Crippen LogP contribution >= 0.6 is 11.3 Å². The average Bonchev–Trinajstić information content (AvgIpc) is 3.14. The van der Waals surface area contributed by atoms with Crippen LogP contribution in [0.4, 0.5) is 5.82 Å². The zero-order chi connectivity index (χ0) is 19.3. The fourth-order valence-electron chi connectivity index (χ4n) is 3.56. The third-order valence-electron chi connectivity index (χ3n) is 4.93. The predicted octanol–water partition coefficient (Wildman–Crippen LogP) is 5.79. The van der Waals surface area contributed by atoms with Crippen LogP contribution in [0.3, 0.4) is 0 Å². The van der Waals surface area contributed by atoms with Gasteiger partial charge in [0.2, 0.25) is 0 Å². The van der Waals surface area contributed by atoms with E-state index in [1.165, 1.54) is 12.0 Å². The average molecular weight is 384 g/mol. The van der Waals surface area contributed by atoms with Gasteiger partial charge in [0.25, 0.3) is 0 Å². The van der Waals surface area contributed by atoms with Gasteiger partial charge in [0.1, 0.15) is 11.6 Å². The van der Waals surface area contributed by atoms with Crippen LogP contribution in [-0.2, 0) is 12.1 Å². The number of rotatable bonds is 4. The van der Waals surface area contributed by atoms with Gasteiger partial charge in [0.15, 0.2) is 0 Å². The summed E-state index contributed by atoms with van der Waals surface area (Å²) in [5.41, 5.74) is 1.46. The van der Waals surface area contributed by atoms with Crippen molar-refractivity contribution in [1.82, 2.24) is 9.97 Å². The second kappa shape index (κ2) is 8.81. The molecule has 2 heterocycles. The second-order valence-corrected chi connectivity index (χ2v) is 7.93. The van der Waals surface area contributed by atoms with Gasteiger partial charge in [0.05, 0.1) is 15.8 Å². The summed E-state index contributed by atoms with van der Waals surface area (Å²) in [5.74, 6) is 1.62. The van der Waals surface area contributed by atoms with Crippen molar-refractivity contribution in [2.45, 2.75) is 65.0 Å². The lowest BCUT2D eigenvalue weighted by atomic mass is 9.84. The lowest BCUT2D eigenvalue weighted by Crippen LogP contribution is -2.27. The maximum Gasteiger partial charge on any atom is 0.148 e. The van der Waals surface area contributed by atoms with Gasteiger partial charge < -0.3 is 10.4 Å². The standard InChI is InChI=1S/C20H23N3OS.C2H6/c1-14-22-16-12-17(20(24)10-6-3-7-11-20)25-18(16)19(23-14)21-13-15-8-4-2-5-9-15;1-2/h2,4-5,8-9,12,24H,3,6-7,10-11,13H2,1H3,(H,21,22,23);1-2H3. The maximum atomic E-state index is 11.1. The van der Waals surface area contributed by atoms with Crippen molar-refractivity contribution in [2.75, 3.05) is 5.32 Å². The van der Waals surface area contributed by atoms with Gasteiger partial charge in [-0.1, -0.05) is 63.4 Å². The van der Waals surface area contributed by atoms with E-state index in [4.69, 9.17) is 0 Å². The highest BCUT2D eigenvalue weighted by Crippen LogP contribution is 2.43. The Kier molecular flexibility index (Phi) is 6.45. The highest BCUT2D eigenvalue weighted by molar-refractivity contribution is 7.19. The summed E-state index contributed by atoms with van der Waals surface area (Å²) in [4.78, 5) is 10.2. The number of hydrogen-bond acceptors (Lipinski definition) is 5. The number of aliphatic hydroxyl groups is 1. The molecule has 1 aliphatic rings. The van der Waals surface area contributed by atoms with E-state index >= 15 is 0 Å². The smallest absolute Gasteiger partial charge is 0.148 e. The summed E-state index contributed by atoms with van der Waals surface area (Å²) in [5, 5.41) is 14.5. The van der Waals surface area contributed by atoms with Crippen molar-refractivity contribution >= 4 is 27.4 Å². The molecule has 5 heteroatoms. The molecular weight excluding hydrogens is 354 g/mol. The molecule has 0 saturated heterocycles. The molecule has 0 atom stereocenters. The Bertz CT molecular complexity index is 870. The Morgan fingerprint density at radius 3 is 2.48 bits per heavy atom. The fourth-order valence-corrected chi connectivity index (χ4v) is 4.77. The summed E-state index contributed by atoms with van der Waals surface area (Å²) >= 11 is 1.64. The number of aromatic nitrogens is 2. The van der Waals surface area contributed by atoms with Crippen LogP contribution in [0.1, 0.15) is 62.2 Å². The molecule has 2 aromatic heterocycles. The number of fused-ring (bicyclic) bond motifs is 1. The molecule has 0 bridgehead atoms. The van der Waals surface area contributed by atoms with Crippen molar-refractivity contribution in [3.05, 3.63) is 52.7 Å². The van der Waals surface area contributed by atoms with E-state index in [-0.39, 0.29) is 0 Å². The first-order chi connectivity index (χ1) is 13.1. The Balaban J connectivity index is 0.00000102. The van der Waals surface area contributed by atoms with Gasteiger partial charge in [-0.25, -0.2) is 9.97 Å². The van der Waals surface area contributed by atoms with Crippen molar-refractivity contribution in [1.29, 1.82) is 0 Å².